The smallest absolute Gasteiger partial charge is 0.225 e. The van der Waals surface area contributed by atoms with Crippen molar-refractivity contribution in [2.24, 2.45) is 0 Å². The molecule has 9 heteroatoms. The first-order chi connectivity index (χ1) is 14.2. The number of fused-ring (bicyclic) bond motifs is 2. The van der Waals surface area contributed by atoms with Crippen molar-refractivity contribution in [3.63, 3.8) is 0 Å². The number of methoxy groups -OCH3 is 3. The van der Waals surface area contributed by atoms with Gasteiger partial charge in [0.2, 0.25) is 5.95 Å². The number of rotatable bonds is 8. The molecule has 0 aliphatic heterocycles. The topological polar surface area (TPSA) is 106 Å². The number of benzene rings is 2. The van der Waals surface area contributed by atoms with E-state index in [9.17, 15) is 0 Å². The SMILES string of the molecule is COCCNc1nc(Nc2ccc3[nH]ncc3c2)c2cc(OC)c(OC)cc2n1. The Bertz CT molecular complexity index is 1140. The van der Waals surface area contributed by atoms with E-state index in [0.29, 0.717) is 36.4 Å². The standard InChI is InChI=1S/C20H22N6O3/c1-27-7-6-21-20-24-16-10-18(29-3)17(28-2)9-14(16)19(25-20)23-13-4-5-15-12(8-13)11-22-26-15/h4-5,8-11H,6-7H2,1-3H3,(H,22,26)(H2,21,23,24,25). The van der Waals surface area contributed by atoms with Gasteiger partial charge in [0.15, 0.2) is 11.5 Å². The van der Waals surface area contributed by atoms with Crippen LogP contribution in [-0.4, -0.2) is 54.6 Å². The van der Waals surface area contributed by atoms with Crippen LogP contribution in [0.15, 0.2) is 36.5 Å². The molecule has 0 atom stereocenters. The molecule has 0 unspecified atom stereocenters. The molecule has 0 saturated heterocycles. The van der Waals surface area contributed by atoms with Gasteiger partial charge in [-0.3, -0.25) is 5.10 Å². The molecule has 4 aromatic rings. The van der Waals surface area contributed by atoms with Gasteiger partial charge in [-0.05, 0) is 24.3 Å². The van der Waals surface area contributed by atoms with Crippen LogP contribution in [0.5, 0.6) is 11.5 Å². The quantitative estimate of drug-likeness (QED) is 0.391. The number of hydrogen-bond acceptors (Lipinski definition) is 8. The molecule has 0 amide bonds. The van der Waals surface area contributed by atoms with Crippen LogP contribution in [0.2, 0.25) is 0 Å². The second-order valence-corrected chi connectivity index (χ2v) is 6.34. The Morgan fingerprint density at radius 1 is 1.00 bits per heavy atom. The Morgan fingerprint density at radius 3 is 2.62 bits per heavy atom. The van der Waals surface area contributed by atoms with Crippen LogP contribution in [0, 0.1) is 0 Å². The minimum atomic E-state index is 0.494. The third-order valence-electron chi connectivity index (χ3n) is 4.49. The third kappa shape index (κ3) is 3.85. The molecule has 4 rings (SSSR count). The molecule has 0 saturated carbocycles. The highest BCUT2D eigenvalue weighted by molar-refractivity contribution is 5.95. The Hall–Kier alpha value is -3.59. The van der Waals surface area contributed by atoms with Crippen LogP contribution in [0.25, 0.3) is 21.8 Å². The molecule has 3 N–H and O–H groups in total. The minimum absolute atomic E-state index is 0.494. The van der Waals surface area contributed by atoms with Crippen LogP contribution >= 0.6 is 0 Å². The largest absolute Gasteiger partial charge is 0.493 e. The van der Waals surface area contributed by atoms with Gasteiger partial charge in [0, 0.05) is 36.2 Å². The molecule has 2 aromatic carbocycles. The molecule has 2 aromatic heterocycles. The Kier molecular flexibility index (Phi) is 5.30. The third-order valence-corrected chi connectivity index (χ3v) is 4.49. The van der Waals surface area contributed by atoms with E-state index in [1.807, 2.05) is 30.3 Å². The van der Waals surface area contributed by atoms with E-state index in [1.54, 1.807) is 27.5 Å². The van der Waals surface area contributed by atoms with Gasteiger partial charge in [-0.2, -0.15) is 10.1 Å². The maximum atomic E-state index is 5.45. The highest BCUT2D eigenvalue weighted by Crippen LogP contribution is 2.35. The summed E-state index contributed by atoms with van der Waals surface area (Å²) in [6.45, 7) is 1.14. The lowest BCUT2D eigenvalue weighted by Crippen LogP contribution is -2.11. The first-order valence-electron chi connectivity index (χ1n) is 9.08. The molecule has 0 radical (unpaired) electrons. The van der Waals surface area contributed by atoms with Crippen LogP contribution in [0.4, 0.5) is 17.5 Å². The minimum Gasteiger partial charge on any atom is -0.493 e. The molecule has 29 heavy (non-hydrogen) atoms. The van der Waals surface area contributed by atoms with E-state index >= 15 is 0 Å². The number of aromatic nitrogens is 4. The molecule has 0 aliphatic carbocycles. The van der Waals surface area contributed by atoms with Crippen LogP contribution < -0.4 is 20.1 Å². The summed E-state index contributed by atoms with van der Waals surface area (Å²) in [7, 11) is 4.85. The normalized spacial score (nSPS) is 11.0. The fraction of sp³-hybridized carbons (Fsp3) is 0.250. The highest BCUT2D eigenvalue weighted by atomic mass is 16.5. The fourth-order valence-corrected chi connectivity index (χ4v) is 3.05. The van der Waals surface area contributed by atoms with Crippen molar-refractivity contribution in [1.29, 1.82) is 0 Å². The van der Waals surface area contributed by atoms with E-state index in [2.05, 4.69) is 30.8 Å². The number of aromatic amines is 1. The summed E-state index contributed by atoms with van der Waals surface area (Å²) in [5.74, 6) is 2.36. The average Bonchev–Trinajstić information content (AvgIpc) is 3.21. The van der Waals surface area contributed by atoms with Gasteiger partial charge >= 0.3 is 0 Å². The zero-order valence-corrected chi connectivity index (χ0v) is 16.4. The van der Waals surface area contributed by atoms with E-state index in [0.717, 1.165) is 27.5 Å². The fourth-order valence-electron chi connectivity index (χ4n) is 3.05. The second kappa shape index (κ2) is 8.19. The summed E-state index contributed by atoms with van der Waals surface area (Å²) >= 11 is 0. The lowest BCUT2D eigenvalue weighted by molar-refractivity contribution is 0.210. The maximum Gasteiger partial charge on any atom is 0.225 e. The number of nitrogens with one attached hydrogen (secondary N) is 3. The zero-order valence-electron chi connectivity index (χ0n) is 16.4. The number of hydrogen-bond donors (Lipinski definition) is 3. The van der Waals surface area contributed by atoms with E-state index in [4.69, 9.17) is 14.2 Å². The van der Waals surface area contributed by atoms with Crippen molar-refractivity contribution < 1.29 is 14.2 Å². The van der Waals surface area contributed by atoms with Crippen LogP contribution in [0.3, 0.4) is 0 Å². The molecule has 9 nitrogen and oxygen atoms in total. The van der Waals surface area contributed by atoms with Crippen LogP contribution in [-0.2, 0) is 4.74 Å². The number of H-pyrrole nitrogens is 1. The average molecular weight is 394 g/mol. The first-order valence-corrected chi connectivity index (χ1v) is 9.08. The predicted octanol–water partition coefficient (Wildman–Crippen LogP) is 3.33. The second-order valence-electron chi connectivity index (χ2n) is 6.34. The van der Waals surface area contributed by atoms with Gasteiger partial charge in [0.1, 0.15) is 5.82 Å². The van der Waals surface area contributed by atoms with Crippen molar-refractivity contribution in [2.75, 3.05) is 45.1 Å². The van der Waals surface area contributed by atoms with Gasteiger partial charge in [-0.15, -0.1) is 0 Å². The van der Waals surface area contributed by atoms with Crippen molar-refractivity contribution >= 4 is 39.3 Å². The molecular formula is C20H22N6O3. The van der Waals surface area contributed by atoms with E-state index < -0.39 is 0 Å². The Balaban J connectivity index is 1.79. The summed E-state index contributed by atoms with van der Waals surface area (Å²) < 4.78 is 16.0. The number of nitrogens with zero attached hydrogens (tertiary/aromatic N) is 3. The van der Waals surface area contributed by atoms with Gasteiger partial charge in [0.25, 0.3) is 0 Å². The summed E-state index contributed by atoms with van der Waals surface area (Å²) in [6, 6.07) is 9.64. The molecule has 0 fully saturated rings. The summed E-state index contributed by atoms with van der Waals surface area (Å²) in [5, 5.41) is 15.4. The summed E-state index contributed by atoms with van der Waals surface area (Å²) in [5.41, 5.74) is 2.58. The van der Waals surface area contributed by atoms with Gasteiger partial charge in [-0.1, -0.05) is 0 Å². The molecule has 150 valence electrons. The number of anilines is 3. The molecule has 0 bridgehead atoms. The monoisotopic (exact) mass is 394 g/mol. The zero-order chi connectivity index (χ0) is 20.2. The molecular weight excluding hydrogens is 372 g/mol. The van der Waals surface area contributed by atoms with Crippen LogP contribution in [0.1, 0.15) is 0 Å². The maximum absolute atomic E-state index is 5.45. The van der Waals surface area contributed by atoms with Gasteiger partial charge in [0.05, 0.1) is 38.1 Å². The number of ether oxygens (including phenoxy) is 3. The van der Waals surface area contributed by atoms with Gasteiger partial charge in [-0.25, -0.2) is 4.98 Å². The molecule has 2 heterocycles. The summed E-state index contributed by atoms with van der Waals surface area (Å²) in [4.78, 5) is 9.26. The molecule has 0 aliphatic rings. The van der Waals surface area contributed by atoms with Crippen molar-refractivity contribution in [1.82, 2.24) is 20.2 Å². The summed E-state index contributed by atoms with van der Waals surface area (Å²) in [6.07, 6.45) is 1.78. The van der Waals surface area contributed by atoms with Gasteiger partial charge < -0.3 is 24.8 Å². The Morgan fingerprint density at radius 2 is 1.83 bits per heavy atom. The van der Waals surface area contributed by atoms with E-state index in [-0.39, 0.29) is 0 Å². The van der Waals surface area contributed by atoms with Crippen molar-refractivity contribution in [2.45, 2.75) is 0 Å². The van der Waals surface area contributed by atoms with E-state index in [1.165, 1.54) is 0 Å². The molecule has 0 spiro atoms. The Labute approximate surface area is 167 Å². The lowest BCUT2D eigenvalue weighted by Gasteiger charge is -2.14. The lowest BCUT2D eigenvalue weighted by atomic mass is 10.2. The van der Waals surface area contributed by atoms with Crippen molar-refractivity contribution in [3.8, 4) is 11.5 Å². The predicted molar refractivity (Wildman–Crippen MR) is 112 cm³/mol. The first kappa shape index (κ1) is 18.8. The van der Waals surface area contributed by atoms with Crippen molar-refractivity contribution in [3.05, 3.63) is 36.5 Å². The highest BCUT2D eigenvalue weighted by Gasteiger charge is 2.14.